The summed E-state index contributed by atoms with van der Waals surface area (Å²) in [7, 11) is -3.29. The summed E-state index contributed by atoms with van der Waals surface area (Å²) in [5.41, 5.74) is -0.229. The van der Waals surface area contributed by atoms with Gasteiger partial charge in [0.15, 0.2) is 0 Å². The maximum Gasteiger partial charge on any atom is 0.282 e. The molecule has 0 spiro atoms. The van der Waals surface area contributed by atoms with Crippen LogP contribution in [0.25, 0.3) is 0 Å². The minimum Gasteiger partial charge on any atom is -0.317 e. The maximum atomic E-state index is 12.9. The minimum atomic E-state index is -3.29. The summed E-state index contributed by atoms with van der Waals surface area (Å²) in [6, 6.07) is 0. The first kappa shape index (κ1) is 16.2. The zero-order chi connectivity index (χ0) is 14.8. The lowest BCUT2D eigenvalue weighted by Crippen LogP contribution is -2.53. The van der Waals surface area contributed by atoms with Crippen LogP contribution in [0.3, 0.4) is 0 Å². The molecule has 6 heteroatoms. The second kappa shape index (κ2) is 6.30. The molecule has 2 heterocycles. The van der Waals surface area contributed by atoms with E-state index in [0.29, 0.717) is 25.6 Å². The van der Waals surface area contributed by atoms with E-state index in [4.69, 9.17) is 0 Å². The van der Waals surface area contributed by atoms with E-state index in [9.17, 15) is 8.42 Å². The molecular formula is C14H29N3O2S. The standard InChI is InChI=1S/C14H29N3O2S/c1-4-15-11-13-7-5-9-16(12-13)20(18,19)17-10-6-8-14(17,2)3/h13,15H,4-12H2,1-3H3. The predicted octanol–water partition coefficient (Wildman–Crippen LogP) is 1.43. The van der Waals surface area contributed by atoms with Crippen LogP contribution in [0.5, 0.6) is 0 Å². The van der Waals surface area contributed by atoms with Gasteiger partial charge in [0.1, 0.15) is 0 Å². The van der Waals surface area contributed by atoms with Crippen LogP contribution < -0.4 is 5.32 Å². The summed E-state index contributed by atoms with van der Waals surface area (Å²) in [6.45, 7) is 10.1. The monoisotopic (exact) mass is 303 g/mol. The molecule has 5 nitrogen and oxygen atoms in total. The van der Waals surface area contributed by atoms with Gasteiger partial charge in [0.25, 0.3) is 10.2 Å². The normalized spacial score (nSPS) is 28.9. The third-order valence-corrected chi connectivity index (χ3v) is 6.81. The first-order chi connectivity index (χ1) is 9.38. The van der Waals surface area contributed by atoms with Crippen molar-refractivity contribution in [1.29, 1.82) is 0 Å². The molecule has 118 valence electrons. The van der Waals surface area contributed by atoms with Crippen molar-refractivity contribution in [3.63, 3.8) is 0 Å². The first-order valence-corrected chi connectivity index (χ1v) is 9.26. The highest BCUT2D eigenvalue weighted by atomic mass is 32.2. The van der Waals surface area contributed by atoms with E-state index in [0.717, 1.165) is 38.8 Å². The van der Waals surface area contributed by atoms with E-state index in [1.54, 1.807) is 8.61 Å². The van der Waals surface area contributed by atoms with Gasteiger partial charge >= 0.3 is 0 Å². The molecule has 1 atom stereocenters. The summed E-state index contributed by atoms with van der Waals surface area (Å²) >= 11 is 0. The van der Waals surface area contributed by atoms with Crippen molar-refractivity contribution < 1.29 is 8.42 Å². The molecule has 2 rings (SSSR count). The van der Waals surface area contributed by atoms with Crippen LogP contribution in [0.15, 0.2) is 0 Å². The number of nitrogens with one attached hydrogen (secondary N) is 1. The van der Waals surface area contributed by atoms with Gasteiger partial charge in [-0.05, 0) is 58.5 Å². The van der Waals surface area contributed by atoms with Gasteiger partial charge in [0.2, 0.25) is 0 Å². The molecule has 0 bridgehead atoms. The van der Waals surface area contributed by atoms with Crippen molar-refractivity contribution in [3.05, 3.63) is 0 Å². The van der Waals surface area contributed by atoms with Gasteiger partial charge in [-0.1, -0.05) is 6.92 Å². The molecule has 0 amide bonds. The van der Waals surface area contributed by atoms with Crippen LogP contribution in [0.1, 0.15) is 46.5 Å². The molecule has 2 aliphatic heterocycles. The fraction of sp³-hybridized carbons (Fsp3) is 1.00. The Morgan fingerprint density at radius 1 is 1.25 bits per heavy atom. The van der Waals surface area contributed by atoms with Gasteiger partial charge in [-0.3, -0.25) is 0 Å². The minimum absolute atomic E-state index is 0.229. The Kier molecular flexibility index (Phi) is 5.10. The smallest absolute Gasteiger partial charge is 0.282 e. The average Bonchev–Trinajstić information content (AvgIpc) is 2.77. The van der Waals surface area contributed by atoms with E-state index in [1.165, 1.54) is 0 Å². The summed E-state index contributed by atoms with van der Waals surface area (Å²) < 4.78 is 29.1. The van der Waals surface area contributed by atoms with Crippen molar-refractivity contribution >= 4 is 10.2 Å². The number of hydrogen-bond donors (Lipinski definition) is 1. The quantitative estimate of drug-likeness (QED) is 0.836. The highest BCUT2D eigenvalue weighted by Gasteiger charge is 2.43. The molecule has 0 aromatic carbocycles. The molecular weight excluding hydrogens is 274 g/mol. The highest BCUT2D eigenvalue weighted by Crippen LogP contribution is 2.33. The van der Waals surface area contributed by atoms with Crippen molar-refractivity contribution in [1.82, 2.24) is 13.9 Å². The Morgan fingerprint density at radius 3 is 2.60 bits per heavy atom. The summed E-state index contributed by atoms with van der Waals surface area (Å²) in [4.78, 5) is 0. The third-order valence-electron chi connectivity index (χ3n) is 4.59. The first-order valence-electron chi connectivity index (χ1n) is 7.86. The third kappa shape index (κ3) is 3.35. The molecule has 0 radical (unpaired) electrons. The zero-order valence-electron chi connectivity index (χ0n) is 13.1. The molecule has 20 heavy (non-hydrogen) atoms. The fourth-order valence-corrected chi connectivity index (χ4v) is 5.51. The van der Waals surface area contributed by atoms with Crippen molar-refractivity contribution in [2.45, 2.75) is 52.0 Å². The van der Waals surface area contributed by atoms with Crippen molar-refractivity contribution in [3.8, 4) is 0 Å². The lowest BCUT2D eigenvalue weighted by molar-refractivity contribution is 0.220. The molecule has 0 aromatic rings. The van der Waals surface area contributed by atoms with Gasteiger partial charge in [-0.2, -0.15) is 17.0 Å². The largest absolute Gasteiger partial charge is 0.317 e. The Balaban J connectivity index is 2.05. The lowest BCUT2D eigenvalue weighted by atomic mass is 10.00. The number of rotatable bonds is 5. The molecule has 1 N–H and O–H groups in total. The number of nitrogens with zero attached hydrogens (tertiary/aromatic N) is 2. The Bertz CT molecular complexity index is 422. The van der Waals surface area contributed by atoms with Crippen molar-refractivity contribution in [2.24, 2.45) is 5.92 Å². The van der Waals surface area contributed by atoms with E-state index in [-0.39, 0.29) is 5.54 Å². The second-order valence-electron chi connectivity index (χ2n) is 6.67. The summed E-state index contributed by atoms with van der Waals surface area (Å²) in [5.74, 6) is 0.448. The van der Waals surface area contributed by atoms with Gasteiger partial charge in [-0.25, -0.2) is 0 Å². The van der Waals surface area contributed by atoms with Crippen LogP contribution in [0, 0.1) is 5.92 Å². The second-order valence-corrected chi connectivity index (χ2v) is 8.52. The molecule has 0 aromatic heterocycles. The topological polar surface area (TPSA) is 52.7 Å². The Labute approximate surface area is 123 Å². The maximum absolute atomic E-state index is 12.9. The highest BCUT2D eigenvalue weighted by molar-refractivity contribution is 7.86. The average molecular weight is 303 g/mol. The summed E-state index contributed by atoms with van der Waals surface area (Å²) in [5, 5.41) is 3.34. The molecule has 2 aliphatic rings. The summed E-state index contributed by atoms with van der Waals surface area (Å²) in [6.07, 6.45) is 4.04. The molecule has 0 aliphatic carbocycles. The number of hydrogen-bond acceptors (Lipinski definition) is 3. The molecule has 2 fully saturated rings. The zero-order valence-corrected chi connectivity index (χ0v) is 13.9. The molecule has 1 unspecified atom stereocenters. The van der Waals surface area contributed by atoms with Crippen molar-refractivity contribution in [2.75, 3.05) is 32.7 Å². The van der Waals surface area contributed by atoms with Crippen LogP contribution in [0.4, 0.5) is 0 Å². The Hall–Kier alpha value is -0.170. The van der Waals surface area contributed by atoms with E-state index >= 15 is 0 Å². The van der Waals surface area contributed by atoms with Crippen LogP contribution in [0.2, 0.25) is 0 Å². The van der Waals surface area contributed by atoms with Crippen LogP contribution in [-0.4, -0.2) is 55.3 Å². The van der Waals surface area contributed by atoms with Crippen LogP contribution in [-0.2, 0) is 10.2 Å². The molecule has 0 saturated carbocycles. The Morgan fingerprint density at radius 2 is 2.00 bits per heavy atom. The lowest BCUT2D eigenvalue weighted by Gasteiger charge is -2.38. The molecule has 2 saturated heterocycles. The SMILES string of the molecule is CCNCC1CCCN(S(=O)(=O)N2CCCC2(C)C)C1. The van der Waals surface area contributed by atoms with E-state index in [1.807, 2.05) is 13.8 Å². The van der Waals surface area contributed by atoms with Crippen LogP contribution >= 0.6 is 0 Å². The van der Waals surface area contributed by atoms with Gasteiger partial charge < -0.3 is 5.32 Å². The van der Waals surface area contributed by atoms with Gasteiger partial charge in [-0.15, -0.1) is 0 Å². The van der Waals surface area contributed by atoms with Gasteiger partial charge in [0, 0.05) is 25.2 Å². The number of piperidine rings is 1. The fourth-order valence-electron chi connectivity index (χ4n) is 3.40. The van der Waals surface area contributed by atoms with E-state index in [2.05, 4.69) is 12.2 Å². The van der Waals surface area contributed by atoms with Gasteiger partial charge in [0.05, 0.1) is 0 Å². The predicted molar refractivity (Wildman–Crippen MR) is 81.8 cm³/mol. The van der Waals surface area contributed by atoms with E-state index < -0.39 is 10.2 Å².